The van der Waals surface area contributed by atoms with Gasteiger partial charge in [0.05, 0.1) is 17.3 Å². The summed E-state index contributed by atoms with van der Waals surface area (Å²) < 4.78 is 13.7. The van der Waals surface area contributed by atoms with Gasteiger partial charge in [0.25, 0.3) is 0 Å². The number of aliphatic imine (C=N–C) groups is 1. The minimum absolute atomic E-state index is 0.115. The maximum atomic E-state index is 13.7. The van der Waals surface area contributed by atoms with Crippen molar-refractivity contribution in [1.82, 2.24) is 4.90 Å². The topological polar surface area (TPSA) is 65.5 Å². The van der Waals surface area contributed by atoms with Crippen LogP contribution >= 0.6 is 34.8 Å². The van der Waals surface area contributed by atoms with Crippen molar-refractivity contribution in [2.24, 2.45) is 10.7 Å². The Morgan fingerprint density at radius 2 is 2.29 bits per heavy atom. The van der Waals surface area contributed by atoms with Crippen molar-refractivity contribution in [2.75, 3.05) is 19.6 Å². The highest BCUT2D eigenvalue weighted by Crippen LogP contribution is 2.33. The van der Waals surface area contributed by atoms with Gasteiger partial charge in [-0.3, -0.25) is 10.4 Å². The van der Waals surface area contributed by atoms with E-state index in [2.05, 4.69) is 4.99 Å². The number of amidine groups is 1. The predicted octanol–water partition coefficient (Wildman–Crippen LogP) is 3.12. The van der Waals surface area contributed by atoms with Crippen molar-refractivity contribution < 1.29 is 4.39 Å². The molecule has 4 nitrogen and oxygen atoms in total. The number of hydrogen-bond acceptors (Lipinski definition) is 4. The SMILES string of the molecule is N=C(Cl)/C=C1\C(N)=NCCN1CC1=C(Cl)C(F)CC=C1Cl. The van der Waals surface area contributed by atoms with Crippen LogP contribution in [0.5, 0.6) is 0 Å². The summed E-state index contributed by atoms with van der Waals surface area (Å²) in [7, 11) is 0. The number of nitrogens with one attached hydrogen (secondary N) is 1. The second-order valence-corrected chi connectivity index (χ2v) is 5.87. The number of alkyl halides is 1. The first kappa shape index (κ1) is 16.3. The average molecular weight is 352 g/mol. The van der Waals surface area contributed by atoms with E-state index in [1.807, 2.05) is 4.90 Å². The zero-order valence-corrected chi connectivity index (χ0v) is 13.3. The zero-order valence-electron chi connectivity index (χ0n) is 11.0. The minimum atomic E-state index is -1.24. The fourth-order valence-corrected chi connectivity index (χ4v) is 2.84. The van der Waals surface area contributed by atoms with Crippen molar-refractivity contribution in [1.29, 1.82) is 5.41 Å². The highest BCUT2D eigenvalue weighted by atomic mass is 35.5. The van der Waals surface area contributed by atoms with Crippen LogP contribution in [0, 0.1) is 5.41 Å². The van der Waals surface area contributed by atoms with Crippen molar-refractivity contribution in [3.63, 3.8) is 0 Å². The molecule has 0 saturated carbocycles. The smallest absolute Gasteiger partial charge is 0.142 e. The molecule has 1 atom stereocenters. The molecule has 1 unspecified atom stereocenters. The lowest BCUT2D eigenvalue weighted by Gasteiger charge is -2.32. The molecule has 0 aromatic carbocycles. The molecule has 0 saturated heterocycles. The molecule has 21 heavy (non-hydrogen) atoms. The van der Waals surface area contributed by atoms with Crippen molar-refractivity contribution in [2.45, 2.75) is 12.6 Å². The number of hydrogen-bond donors (Lipinski definition) is 2. The van der Waals surface area contributed by atoms with Crippen molar-refractivity contribution in [3.8, 4) is 0 Å². The van der Waals surface area contributed by atoms with Crippen LogP contribution in [-0.4, -0.2) is 41.7 Å². The summed E-state index contributed by atoms with van der Waals surface area (Å²) in [6, 6.07) is 0. The number of halogens is 4. The first-order valence-corrected chi connectivity index (χ1v) is 7.43. The van der Waals surface area contributed by atoms with E-state index in [0.29, 0.717) is 35.9 Å². The molecule has 0 bridgehead atoms. The normalized spacial score (nSPS) is 25.0. The molecular formula is C13H14Cl3FN4. The minimum Gasteiger partial charge on any atom is -0.382 e. The summed E-state index contributed by atoms with van der Waals surface area (Å²) >= 11 is 17.8. The van der Waals surface area contributed by atoms with Crippen LogP contribution in [0.3, 0.4) is 0 Å². The van der Waals surface area contributed by atoms with Gasteiger partial charge in [0, 0.05) is 36.2 Å². The van der Waals surface area contributed by atoms with Gasteiger partial charge in [0.2, 0.25) is 0 Å². The third-order valence-electron chi connectivity index (χ3n) is 3.22. The fraction of sp³-hybridized carbons (Fsp3) is 0.385. The lowest BCUT2D eigenvalue weighted by atomic mass is 10.0. The Labute approximate surface area is 137 Å². The van der Waals surface area contributed by atoms with Crippen LogP contribution in [0.15, 0.2) is 38.5 Å². The van der Waals surface area contributed by atoms with Gasteiger partial charge >= 0.3 is 0 Å². The quantitative estimate of drug-likeness (QED) is 0.767. The zero-order chi connectivity index (χ0) is 15.6. The van der Waals surface area contributed by atoms with Crippen LogP contribution in [0.25, 0.3) is 0 Å². The standard InChI is InChI=1S/C13H14Cl3FN4/c14-8-1-2-9(17)12(16)7(8)6-21-4-3-20-13(19)10(21)5-11(15)18/h1,5,9,18H,2-4,6H2,(H2,19,20)/b10-5+,18-11?. The molecule has 1 heterocycles. The molecule has 114 valence electrons. The average Bonchev–Trinajstić information content (AvgIpc) is 2.42. The molecule has 1 aliphatic carbocycles. The van der Waals surface area contributed by atoms with Gasteiger partial charge in [-0.25, -0.2) is 4.39 Å². The number of nitrogens with zero attached hydrogens (tertiary/aromatic N) is 2. The molecule has 1 aliphatic heterocycles. The van der Waals surface area contributed by atoms with Crippen LogP contribution in [0.2, 0.25) is 0 Å². The number of rotatable bonds is 3. The Hall–Kier alpha value is -1.04. The van der Waals surface area contributed by atoms with E-state index in [9.17, 15) is 4.39 Å². The maximum absolute atomic E-state index is 13.7. The summed E-state index contributed by atoms with van der Waals surface area (Å²) in [5.41, 5.74) is 6.88. The fourth-order valence-electron chi connectivity index (χ4n) is 2.18. The summed E-state index contributed by atoms with van der Waals surface area (Å²) in [6.07, 6.45) is 1.96. The first-order valence-electron chi connectivity index (χ1n) is 6.29. The molecule has 0 amide bonds. The third-order valence-corrected chi connectivity index (χ3v) is 4.18. The van der Waals surface area contributed by atoms with Crippen LogP contribution in [0.1, 0.15) is 6.42 Å². The molecule has 8 heteroatoms. The van der Waals surface area contributed by atoms with E-state index >= 15 is 0 Å². The molecule has 0 fully saturated rings. The third kappa shape index (κ3) is 3.78. The van der Waals surface area contributed by atoms with Gasteiger partial charge in [0.1, 0.15) is 17.2 Å². The molecule has 2 aliphatic rings. The van der Waals surface area contributed by atoms with Crippen LogP contribution in [-0.2, 0) is 0 Å². The maximum Gasteiger partial charge on any atom is 0.142 e. The van der Waals surface area contributed by atoms with E-state index in [0.717, 1.165) is 0 Å². The number of allylic oxidation sites excluding steroid dienone is 3. The first-order chi connectivity index (χ1) is 9.90. The molecular weight excluding hydrogens is 338 g/mol. The van der Waals surface area contributed by atoms with Crippen molar-refractivity contribution >= 4 is 45.8 Å². The summed E-state index contributed by atoms with van der Waals surface area (Å²) in [5, 5.41) is 7.75. The molecule has 0 radical (unpaired) electrons. The monoisotopic (exact) mass is 350 g/mol. The van der Waals surface area contributed by atoms with E-state index < -0.39 is 6.17 Å². The van der Waals surface area contributed by atoms with Gasteiger partial charge in [-0.15, -0.1) is 0 Å². The molecule has 2 rings (SSSR count). The molecule has 0 aromatic rings. The van der Waals surface area contributed by atoms with Gasteiger partial charge in [0.15, 0.2) is 0 Å². The Morgan fingerprint density at radius 1 is 1.57 bits per heavy atom. The lowest BCUT2D eigenvalue weighted by molar-refractivity contribution is 0.371. The Kier molecular flexibility index (Phi) is 5.30. The predicted molar refractivity (Wildman–Crippen MR) is 86.1 cm³/mol. The van der Waals surface area contributed by atoms with Crippen LogP contribution in [0.4, 0.5) is 4.39 Å². The summed E-state index contributed by atoms with van der Waals surface area (Å²) in [6.45, 7) is 1.36. The second kappa shape index (κ2) is 6.81. The molecule has 0 spiro atoms. The Bertz CT molecular complexity index is 580. The van der Waals surface area contributed by atoms with Gasteiger partial charge < -0.3 is 10.6 Å². The highest BCUT2D eigenvalue weighted by Gasteiger charge is 2.26. The molecule has 0 aromatic heterocycles. The summed E-state index contributed by atoms with van der Waals surface area (Å²) in [4.78, 5) is 5.96. The van der Waals surface area contributed by atoms with E-state index in [1.54, 1.807) is 6.08 Å². The Balaban J connectivity index is 2.29. The number of nitrogens with two attached hydrogens (primary N) is 1. The second-order valence-electron chi connectivity index (χ2n) is 4.65. The van der Waals surface area contributed by atoms with Gasteiger partial charge in [-0.05, 0) is 0 Å². The highest BCUT2D eigenvalue weighted by molar-refractivity contribution is 6.67. The summed E-state index contributed by atoms with van der Waals surface area (Å²) in [5.74, 6) is 0.288. The van der Waals surface area contributed by atoms with E-state index in [4.69, 9.17) is 45.9 Å². The Morgan fingerprint density at radius 3 is 2.95 bits per heavy atom. The van der Waals surface area contributed by atoms with Gasteiger partial charge in [-0.2, -0.15) is 0 Å². The van der Waals surface area contributed by atoms with Crippen molar-refractivity contribution in [3.05, 3.63) is 33.5 Å². The lowest BCUT2D eigenvalue weighted by Crippen LogP contribution is -2.39. The van der Waals surface area contributed by atoms with Crippen LogP contribution < -0.4 is 5.73 Å². The largest absolute Gasteiger partial charge is 0.382 e. The molecule has 3 N–H and O–H groups in total. The van der Waals surface area contributed by atoms with E-state index in [1.165, 1.54) is 6.08 Å². The van der Waals surface area contributed by atoms with E-state index in [-0.39, 0.29) is 22.5 Å². The van der Waals surface area contributed by atoms with Gasteiger partial charge in [-0.1, -0.05) is 40.9 Å².